The number of benzene rings is 1. The van der Waals surface area contributed by atoms with Crippen LogP contribution in [0.15, 0.2) is 45.4 Å². The van der Waals surface area contributed by atoms with Crippen LogP contribution in [0.5, 0.6) is 0 Å². The molecule has 0 saturated heterocycles. The smallest absolute Gasteiger partial charge is 0.169 e. The number of hydrogen-bond acceptors (Lipinski definition) is 3. The maximum atomic E-state index is 13.8. The van der Waals surface area contributed by atoms with Crippen LogP contribution in [0, 0.1) is 12.7 Å². The lowest BCUT2D eigenvalue weighted by Gasteiger charge is -2.15. The second kappa shape index (κ2) is 5.74. The topological polar surface area (TPSA) is 38.3 Å². The van der Waals surface area contributed by atoms with Crippen molar-refractivity contribution >= 4 is 11.0 Å². The highest BCUT2D eigenvalue weighted by atomic mass is 19.1. The summed E-state index contributed by atoms with van der Waals surface area (Å²) in [5, 5.41) is 4.21. The van der Waals surface area contributed by atoms with Gasteiger partial charge in [-0.2, -0.15) is 0 Å². The third kappa shape index (κ3) is 2.59. The van der Waals surface area contributed by atoms with Gasteiger partial charge in [0.15, 0.2) is 11.4 Å². The lowest BCUT2D eigenvalue weighted by Crippen LogP contribution is -2.22. The van der Waals surface area contributed by atoms with Gasteiger partial charge in [0.05, 0.1) is 12.3 Å². The van der Waals surface area contributed by atoms with Crippen LogP contribution in [0.25, 0.3) is 11.0 Å². The maximum absolute atomic E-state index is 13.8. The van der Waals surface area contributed by atoms with Crippen molar-refractivity contribution < 1.29 is 13.2 Å². The van der Waals surface area contributed by atoms with Crippen LogP contribution < -0.4 is 5.32 Å². The Labute approximate surface area is 122 Å². The minimum atomic E-state index is -0.336. The van der Waals surface area contributed by atoms with Gasteiger partial charge in [-0.3, -0.25) is 0 Å². The molecular formula is C17H18FNO2. The van der Waals surface area contributed by atoms with Gasteiger partial charge in [0.1, 0.15) is 11.5 Å². The van der Waals surface area contributed by atoms with Gasteiger partial charge >= 0.3 is 0 Å². The van der Waals surface area contributed by atoms with Crippen molar-refractivity contribution in [3.63, 3.8) is 0 Å². The summed E-state index contributed by atoms with van der Waals surface area (Å²) in [5.74, 6) is 1.20. The molecule has 4 heteroatoms. The molecule has 0 aliphatic heterocycles. The van der Waals surface area contributed by atoms with Gasteiger partial charge in [0.25, 0.3) is 0 Å². The molecule has 1 atom stereocenters. The summed E-state index contributed by atoms with van der Waals surface area (Å²) in [6.07, 6.45) is 2.66. The zero-order valence-corrected chi connectivity index (χ0v) is 12.2. The number of aryl methyl sites for hydroxylation is 1. The summed E-state index contributed by atoms with van der Waals surface area (Å²) in [6, 6.07) is 8.63. The first kappa shape index (κ1) is 13.9. The van der Waals surface area contributed by atoms with Gasteiger partial charge in [0, 0.05) is 10.9 Å². The quantitative estimate of drug-likeness (QED) is 0.747. The average Bonchev–Trinajstić information content (AvgIpc) is 3.07. The number of fused-ring (bicyclic) bond motifs is 1. The van der Waals surface area contributed by atoms with Gasteiger partial charge in [-0.05, 0) is 38.1 Å². The van der Waals surface area contributed by atoms with Crippen LogP contribution in [0.2, 0.25) is 0 Å². The zero-order valence-electron chi connectivity index (χ0n) is 12.2. The van der Waals surface area contributed by atoms with E-state index in [-0.39, 0.29) is 11.9 Å². The predicted molar refractivity (Wildman–Crippen MR) is 79.8 cm³/mol. The molecule has 2 heterocycles. The van der Waals surface area contributed by atoms with E-state index in [1.807, 2.05) is 25.1 Å². The highest BCUT2D eigenvalue weighted by molar-refractivity contribution is 5.78. The second-order valence-electron chi connectivity index (χ2n) is 5.13. The number of hydrogen-bond donors (Lipinski definition) is 1. The van der Waals surface area contributed by atoms with E-state index in [1.165, 1.54) is 6.07 Å². The van der Waals surface area contributed by atoms with Crippen molar-refractivity contribution in [1.82, 2.24) is 5.32 Å². The molecule has 0 saturated carbocycles. The molecular weight excluding hydrogens is 269 g/mol. The second-order valence-corrected chi connectivity index (χ2v) is 5.13. The minimum absolute atomic E-state index is 0.129. The van der Waals surface area contributed by atoms with Crippen LogP contribution in [0.4, 0.5) is 4.39 Å². The van der Waals surface area contributed by atoms with Crippen molar-refractivity contribution in [2.75, 3.05) is 6.54 Å². The highest BCUT2D eigenvalue weighted by Gasteiger charge is 2.22. The fourth-order valence-electron chi connectivity index (χ4n) is 2.54. The standard InChI is InChI=1S/C17H18FNO2/c1-3-8-19-16(13-7-9-20-11(13)2)15-10-12-5-4-6-14(18)17(12)21-15/h4-7,9-10,16,19H,3,8H2,1-2H3. The lowest BCUT2D eigenvalue weighted by molar-refractivity contribution is 0.450. The number of furan rings is 2. The van der Waals surface area contributed by atoms with Crippen LogP contribution in [0.3, 0.4) is 0 Å². The first-order valence-electron chi connectivity index (χ1n) is 7.16. The first-order valence-corrected chi connectivity index (χ1v) is 7.16. The Balaban J connectivity index is 2.05. The van der Waals surface area contributed by atoms with Crippen LogP contribution in [0.1, 0.15) is 36.5 Å². The number of halogens is 1. The Morgan fingerprint density at radius 1 is 1.29 bits per heavy atom. The molecule has 1 unspecified atom stereocenters. The Bertz CT molecular complexity index is 744. The van der Waals surface area contributed by atoms with Crippen molar-refractivity contribution in [3.05, 3.63) is 59.5 Å². The number of para-hydroxylation sites is 1. The van der Waals surface area contributed by atoms with Crippen molar-refractivity contribution in [3.8, 4) is 0 Å². The molecule has 0 fully saturated rings. The van der Waals surface area contributed by atoms with Crippen LogP contribution >= 0.6 is 0 Å². The van der Waals surface area contributed by atoms with Crippen molar-refractivity contribution in [1.29, 1.82) is 0 Å². The molecule has 0 amide bonds. The molecule has 2 aromatic heterocycles. The third-order valence-corrected chi connectivity index (χ3v) is 3.61. The molecule has 1 aromatic carbocycles. The third-order valence-electron chi connectivity index (χ3n) is 3.61. The SMILES string of the molecule is CCCNC(c1cc2cccc(F)c2o1)c1ccoc1C. The molecule has 0 spiro atoms. The Morgan fingerprint density at radius 3 is 2.81 bits per heavy atom. The Kier molecular flexibility index (Phi) is 3.80. The minimum Gasteiger partial charge on any atom is -0.469 e. The summed E-state index contributed by atoms with van der Waals surface area (Å²) in [4.78, 5) is 0. The zero-order chi connectivity index (χ0) is 14.8. The van der Waals surface area contributed by atoms with Crippen molar-refractivity contribution in [2.24, 2.45) is 0 Å². The first-order chi connectivity index (χ1) is 10.2. The van der Waals surface area contributed by atoms with Crippen LogP contribution in [-0.4, -0.2) is 6.54 Å². The van der Waals surface area contributed by atoms with E-state index in [2.05, 4.69) is 12.2 Å². The summed E-state index contributed by atoms with van der Waals surface area (Å²) >= 11 is 0. The molecule has 3 aromatic rings. The van der Waals surface area contributed by atoms with E-state index in [9.17, 15) is 4.39 Å². The molecule has 0 aliphatic rings. The van der Waals surface area contributed by atoms with E-state index in [4.69, 9.17) is 8.83 Å². The Hall–Kier alpha value is -2.07. The van der Waals surface area contributed by atoms with E-state index in [1.54, 1.807) is 12.3 Å². The number of rotatable bonds is 5. The monoisotopic (exact) mass is 287 g/mol. The van der Waals surface area contributed by atoms with Gasteiger partial charge in [0.2, 0.25) is 0 Å². The van der Waals surface area contributed by atoms with E-state index in [0.29, 0.717) is 11.3 Å². The number of nitrogens with one attached hydrogen (secondary N) is 1. The van der Waals surface area contributed by atoms with E-state index < -0.39 is 0 Å². The van der Waals surface area contributed by atoms with E-state index in [0.717, 1.165) is 29.7 Å². The normalized spacial score (nSPS) is 12.9. The van der Waals surface area contributed by atoms with Gasteiger partial charge in [-0.15, -0.1) is 0 Å². The highest BCUT2D eigenvalue weighted by Crippen LogP contribution is 2.31. The fraction of sp³-hybridized carbons (Fsp3) is 0.294. The van der Waals surface area contributed by atoms with Crippen LogP contribution in [-0.2, 0) is 0 Å². The summed E-state index contributed by atoms with van der Waals surface area (Å²) in [7, 11) is 0. The molecule has 0 radical (unpaired) electrons. The van der Waals surface area contributed by atoms with Gasteiger partial charge in [-0.1, -0.05) is 19.1 Å². The fourth-order valence-corrected chi connectivity index (χ4v) is 2.54. The molecule has 0 bridgehead atoms. The van der Waals surface area contributed by atoms with Gasteiger partial charge < -0.3 is 14.2 Å². The predicted octanol–water partition coefficient (Wildman–Crippen LogP) is 4.56. The molecule has 0 aliphatic carbocycles. The maximum Gasteiger partial charge on any atom is 0.169 e. The summed E-state index contributed by atoms with van der Waals surface area (Å²) in [6.45, 7) is 4.86. The summed E-state index contributed by atoms with van der Waals surface area (Å²) < 4.78 is 25.0. The average molecular weight is 287 g/mol. The largest absolute Gasteiger partial charge is 0.469 e. The van der Waals surface area contributed by atoms with Crippen molar-refractivity contribution in [2.45, 2.75) is 26.3 Å². The van der Waals surface area contributed by atoms with E-state index >= 15 is 0 Å². The summed E-state index contributed by atoms with van der Waals surface area (Å²) in [5.41, 5.74) is 1.32. The molecule has 21 heavy (non-hydrogen) atoms. The van der Waals surface area contributed by atoms with Gasteiger partial charge in [-0.25, -0.2) is 4.39 Å². The molecule has 3 nitrogen and oxygen atoms in total. The Morgan fingerprint density at radius 2 is 2.14 bits per heavy atom. The molecule has 110 valence electrons. The molecule has 3 rings (SSSR count). The molecule has 1 N–H and O–H groups in total. The lowest BCUT2D eigenvalue weighted by atomic mass is 10.0.